The molecule has 3 aromatic rings. The number of aromatic amines is 2. The first-order valence-corrected chi connectivity index (χ1v) is 12.2. The number of aromatic nitrogens is 4. The topological polar surface area (TPSA) is 138 Å². The predicted octanol–water partition coefficient (Wildman–Crippen LogP) is 2.79. The molecule has 0 saturated carbocycles. The molecule has 2 aliphatic rings. The van der Waals surface area contributed by atoms with Crippen LogP contribution in [0.1, 0.15) is 45.0 Å². The molecule has 6 N–H and O–H groups in total. The first-order chi connectivity index (χ1) is 17.7. The summed E-state index contributed by atoms with van der Waals surface area (Å²) in [5.41, 5.74) is 9.94. The van der Waals surface area contributed by atoms with Gasteiger partial charge >= 0.3 is 0 Å². The minimum absolute atomic E-state index is 0.0105. The summed E-state index contributed by atoms with van der Waals surface area (Å²) < 4.78 is 0. The quantitative estimate of drug-likeness (QED) is 0.199. The van der Waals surface area contributed by atoms with E-state index in [1.165, 1.54) is 0 Å². The molecule has 2 aliphatic heterocycles. The van der Waals surface area contributed by atoms with E-state index < -0.39 is 0 Å². The maximum atomic E-state index is 9.80. The van der Waals surface area contributed by atoms with Gasteiger partial charge in [0, 0.05) is 70.7 Å². The van der Waals surface area contributed by atoms with Crippen LogP contribution >= 0.6 is 0 Å². The minimum atomic E-state index is -0.0381. The number of aliphatic hydroxyl groups excluding tert-OH is 4. The number of H-pyrrole nitrogens is 2. The average Bonchev–Trinajstić information content (AvgIpc) is 3.69. The molecule has 8 nitrogen and oxygen atoms in total. The maximum absolute atomic E-state index is 9.80. The predicted molar refractivity (Wildman–Crippen MR) is 142 cm³/mol. The Hall–Kier alpha value is -3.56. The summed E-state index contributed by atoms with van der Waals surface area (Å²) >= 11 is 0. The Balaban J connectivity index is 1.94. The van der Waals surface area contributed by atoms with Crippen LogP contribution in [0.25, 0.3) is 46.4 Å². The van der Waals surface area contributed by atoms with Gasteiger partial charge in [-0.2, -0.15) is 0 Å². The summed E-state index contributed by atoms with van der Waals surface area (Å²) in [5.74, 6) is 0. The van der Waals surface area contributed by atoms with Crippen molar-refractivity contribution in [3.05, 3.63) is 69.3 Å². The smallest absolute Gasteiger partial charge is 0.0692 e. The number of hydrogen-bond acceptors (Lipinski definition) is 6. The van der Waals surface area contributed by atoms with Crippen LogP contribution in [0.4, 0.5) is 0 Å². The van der Waals surface area contributed by atoms with Gasteiger partial charge in [-0.25, -0.2) is 9.97 Å². The van der Waals surface area contributed by atoms with Crippen LogP contribution in [-0.4, -0.2) is 66.8 Å². The molecule has 5 heterocycles. The lowest BCUT2D eigenvalue weighted by Gasteiger charge is -2.04. The van der Waals surface area contributed by atoms with Crippen LogP contribution in [0.15, 0.2) is 24.3 Å². The Bertz CT molecular complexity index is 1390. The van der Waals surface area contributed by atoms with Crippen molar-refractivity contribution in [2.24, 2.45) is 0 Å². The number of aliphatic hydroxyl groups is 4. The van der Waals surface area contributed by atoms with Gasteiger partial charge in [0.2, 0.25) is 0 Å². The van der Waals surface area contributed by atoms with Gasteiger partial charge in [-0.1, -0.05) is 0 Å². The first kappa shape index (κ1) is 24.1. The van der Waals surface area contributed by atoms with Crippen LogP contribution in [-0.2, 0) is 25.7 Å². The normalized spacial score (nSPS) is 12.6. The maximum Gasteiger partial charge on any atom is 0.0692 e. The summed E-state index contributed by atoms with van der Waals surface area (Å²) in [6, 6.07) is 7.90. The third-order valence-electron chi connectivity index (χ3n) is 6.64. The molecule has 0 saturated heterocycles. The standard InChI is InChI=1S/C28H30N4O4/c33-13-9-17-21-1-2-22(29-21)18(10-14-34)24-5-6-26(31-24)20(12-16-36)28-8-7-27(32-28)19(11-15-35)25-4-3-23(17)30-25/h1-8,29-30,33-36H,9-16H2. The number of nitrogens with zero attached hydrogens (tertiary/aromatic N) is 2. The second kappa shape index (κ2) is 10.6. The minimum Gasteiger partial charge on any atom is -0.396 e. The number of hydrogen-bond donors (Lipinski definition) is 6. The van der Waals surface area contributed by atoms with Crippen molar-refractivity contribution >= 4 is 46.4 Å². The Morgan fingerprint density at radius 3 is 1.14 bits per heavy atom. The summed E-state index contributed by atoms with van der Waals surface area (Å²) in [4.78, 5) is 16.7. The zero-order chi connectivity index (χ0) is 25.1. The highest BCUT2D eigenvalue weighted by Gasteiger charge is 2.16. The van der Waals surface area contributed by atoms with E-state index >= 15 is 0 Å². The van der Waals surface area contributed by atoms with E-state index in [0.717, 1.165) is 67.1 Å². The fraction of sp³-hybridized carbons (Fsp3) is 0.286. The molecule has 0 aliphatic carbocycles. The van der Waals surface area contributed by atoms with Crippen molar-refractivity contribution in [2.45, 2.75) is 25.7 Å². The Morgan fingerprint density at radius 1 is 0.444 bits per heavy atom. The largest absolute Gasteiger partial charge is 0.396 e. The zero-order valence-corrected chi connectivity index (χ0v) is 20.0. The third kappa shape index (κ3) is 4.52. The summed E-state index contributed by atoms with van der Waals surface area (Å²) in [7, 11) is 0. The Kier molecular flexibility index (Phi) is 7.11. The molecule has 36 heavy (non-hydrogen) atoms. The van der Waals surface area contributed by atoms with Gasteiger partial charge in [-0.15, -0.1) is 0 Å². The number of fused-ring (bicyclic) bond motifs is 8. The van der Waals surface area contributed by atoms with Gasteiger partial charge in [-0.3, -0.25) is 0 Å². The van der Waals surface area contributed by atoms with E-state index in [1.807, 2.05) is 48.6 Å². The van der Waals surface area contributed by atoms with E-state index in [4.69, 9.17) is 9.97 Å². The lowest BCUT2D eigenvalue weighted by Crippen LogP contribution is -2.00. The average molecular weight is 487 g/mol. The Morgan fingerprint density at radius 2 is 0.750 bits per heavy atom. The van der Waals surface area contributed by atoms with E-state index in [-0.39, 0.29) is 26.4 Å². The fourth-order valence-electron chi connectivity index (χ4n) is 4.94. The highest BCUT2D eigenvalue weighted by Crippen LogP contribution is 2.27. The van der Waals surface area contributed by atoms with Gasteiger partial charge in [0.05, 0.1) is 22.8 Å². The highest BCUT2D eigenvalue weighted by molar-refractivity contribution is 5.83. The molecule has 0 spiro atoms. The van der Waals surface area contributed by atoms with Crippen LogP contribution in [0, 0.1) is 0 Å². The van der Waals surface area contributed by atoms with Gasteiger partial charge in [0.1, 0.15) is 0 Å². The van der Waals surface area contributed by atoms with E-state index in [1.54, 1.807) is 0 Å². The van der Waals surface area contributed by atoms with Gasteiger partial charge in [0.25, 0.3) is 0 Å². The lowest BCUT2D eigenvalue weighted by atomic mass is 10.1. The second-order valence-corrected chi connectivity index (χ2v) is 8.81. The zero-order valence-electron chi connectivity index (χ0n) is 20.0. The molecule has 0 unspecified atom stereocenters. The number of rotatable bonds is 8. The molecule has 0 fully saturated rings. The lowest BCUT2D eigenvalue weighted by molar-refractivity contribution is 0.299. The highest BCUT2D eigenvalue weighted by atomic mass is 16.3. The molecule has 0 aromatic carbocycles. The molecular weight excluding hydrogens is 456 g/mol. The van der Waals surface area contributed by atoms with E-state index in [9.17, 15) is 20.4 Å². The van der Waals surface area contributed by atoms with Crippen molar-refractivity contribution in [3.63, 3.8) is 0 Å². The third-order valence-corrected chi connectivity index (χ3v) is 6.64. The van der Waals surface area contributed by atoms with Gasteiger partial charge < -0.3 is 30.4 Å². The van der Waals surface area contributed by atoms with E-state index in [2.05, 4.69) is 9.97 Å². The second-order valence-electron chi connectivity index (χ2n) is 8.81. The van der Waals surface area contributed by atoms with E-state index in [0.29, 0.717) is 25.7 Å². The van der Waals surface area contributed by atoms with Crippen molar-refractivity contribution in [3.8, 4) is 0 Å². The Labute approximate surface area is 208 Å². The van der Waals surface area contributed by atoms with Crippen molar-refractivity contribution in [1.82, 2.24) is 19.9 Å². The summed E-state index contributed by atoms with van der Waals surface area (Å²) in [6.45, 7) is -0.0971. The molecule has 0 amide bonds. The van der Waals surface area contributed by atoms with Crippen LogP contribution < -0.4 is 0 Å². The van der Waals surface area contributed by atoms with Crippen LogP contribution in [0.3, 0.4) is 0 Å². The van der Waals surface area contributed by atoms with Crippen molar-refractivity contribution < 1.29 is 20.4 Å². The molecular formula is C28H30N4O4. The SMILES string of the molecule is OCCc1c2nc(c(CCO)c3ccc([nH]3)c(CCO)c3ccc([nH]3)c(CCO)c3nc1C=C3)C=C2. The van der Waals surface area contributed by atoms with Crippen LogP contribution in [0.5, 0.6) is 0 Å². The van der Waals surface area contributed by atoms with Gasteiger partial charge in [-0.05, 0) is 74.3 Å². The molecule has 0 radical (unpaired) electrons. The first-order valence-electron chi connectivity index (χ1n) is 12.2. The molecule has 8 heteroatoms. The van der Waals surface area contributed by atoms with Crippen molar-refractivity contribution in [1.29, 1.82) is 0 Å². The van der Waals surface area contributed by atoms with Crippen LogP contribution in [0.2, 0.25) is 0 Å². The summed E-state index contributed by atoms with van der Waals surface area (Å²) in [6.07, 6.45) is 9.40. The molecule has 0 atom stereocenters. The number of nitrogens with one attached hydrogen (secondary N) is 2. The molecule has 3 aromatic heterocycles. The molecule has 5 rings (SSSR count). The molecule has 8 bridgehead atoms. The molecule has 186 valence electrons. The van der Waals surface area contributed by atoms with Gasteiger partial charge in [0.15, 0.2) is 0 Å². The monoisotopic (exact) mass is 486 g/mol. The summed E-state index contributed by atoms with van der Waals surface area (Å²) in [5, 5.41) is 39.2. The fourth-order valence-corrected chi connectivity index (χ4v) is 4.94. The van der Waals surface area contributed by atoms with Crippen molar-refractivity contribution in [2.75, 3.05) is 26.4 Å².